The van der Waals surface area contributed by atoms with Gasteiger partial charge in [-0.25, -0.2) is 0 Å². The fourth-order valence-corrected chi connectivity index (χ4v) is 2.35. The first-order chi connectivity index (χ1) is 8.25. The number of furan rings is 1. The fourth-order valence-electron chi connectivity index (χ4n) is 2.35. The predicted octanol–water partition coefficient (Wildman–Crippen LogP) is 2.95. The molecule has 3 rings (SSSR count). The maximum atomic E-state index is 6.14. The first-order valence-electron chi connectivity index (χ1n) is 6.12. The Labute approximate surface area is 101 Å². The van der Waals surface area contributed by atoms with Gasteiger partial charge in [0.2, 0.25) is 0 Å². The quantitative estimate of drug-likeness (QED) is 0.862. The highest BCUT2D eigenvalue weighted by molar-refractivity contribution is 5.78. The lowest BCUT2D eigenvalue weighted by molar-refractivity contribution is 0.0557. The predicted molar refractivity (Wildman–Crippen MR) is 67.4 cm³/mol. The highest BCUT2D eigenvalue weighted by Gasteiger charge is 2.28. The molecule has 0 bridgehead atoms. The van der Waals surface area contributed by atoms with Crippen LogP contribution in [0.15, 0.2) is 34.9 Å². The molecule has 0 unspecified atom stereocenters. The number of hydrogen-bond donors (Lipinski definition) is 1. The number of hydrogen-bond acceptors (Lipinski definition) is 3. The molecule has 0 atom stereocenters. The van der Waals surface area contributed by atoms with E-state index in [1.807, 2.05) is 24.3 Å². The maximum absolute atomic E-state index is 6.14. The van der Waals surface area contributed by atoms with Crippen LogP contribution in [-0.2, 0) is 0 Å². The molecule has 1 N–H and O–H groups in total. The van der Waals surface area contributed by atoms with Gasteiger partial charge in [-0.2, -0.15) is 0 Å². The van der Waals surface area contributed by atoms with Crippen molar-refractivity contribution >= 4 is 11.0 Å². The molecule has 1 saturated heterocycles. The molecular formula is C14H17NO2. The molecule has 0 saturated carbocycles. The summed E-state index contributed by atoms with van der Waals surface area (Å²) in [6.45, 7) is 4.25. The Morgan fingerprint density at radius 1 is 1.24 bits per heavy atom. The van der Waals surface area contributed by atoms with E-state index in [0.29, 0.717) is 0 Å². The van der Waals surface area contributed by atoms with Crippen LogP contribution in [0, 0.1) is 0 Å². The van der Waals surface area contributed by atoms with Crippen molar-refractivity contribution in [3.8, 4) is 5.75 Å². The third-order valence-electron chi connectivity index (χ3n) is 3.45. The van der Waals surface area contributed by atoms with Crippen LogP contribution in [0.25, 0.3) is 11.0 Å². The van der Waals surface area contributed by atoms with Gasteiger partial charge in [0.25, 0.3) is 0 Å². The summed E-state index contributed by atoms with van der Waals surface area (Å²) >= 11 is 0. The van der Waals surface area contributed by atoms with Crippen molar-refractivity contribution in [2.75, 3.05) is 13.1 Å². The van der Waals surface area contributed by atoms with Gasteiger partial charge < -0.3 is 14.5 Å². The zero-order valence-electron chi connectivity index (χ0n) is 10.0. The molecule has 2 heterocycles. The molecule has 0 radical (unpaired) electrons. The lowest BCUT2D eigenvalue weighted by Crippen LogP contribution is -2.43. The van der Waals surface area contributed by atoms with Gasteiger partial charge in [-0.1, -0.05) is 0 Å². The number of fused-ring (bicyclic) bond motifs is 1. The number of rotatable bonds is 2. The van der Waals surface area contributed by atoms with Crippen LogP contribution in [0.2, 0.25) is 0 Å². The standard InChI is InChI=1S/C14H17NO2/c1-14(5-7-15-8-6-14)17-12-2-3-13-11(10-12)4-9-16-13/h2-4,9-10,15H,5-8H2,1H3. The molecule has 1 aromatic carbocycles. The van der Waals surface area contributed by atoms with E-state index in [1.165, 1.54) is 0 Å². The SMILES string of the molecule is CC1(Oc2ccc3occc3c2)CCNCC1. The summed E-state index contributed by atoms with van der Waals surface area (Å²) in [5.74, 6) is 0.934. The average Bonchev–Trinajstić information content (AvgIpc) is 2.76. The van der Waals surface area contributed by atoms with Crippen LogP contribution < -0.4 is 10.1 Å². The first-order valence-corrected chi connectivity index (χ1v) is 6.12. The summed E-state index contributed by atoms with van der Waals surface area (Å²) in [4.78, 5) is 0. The van der Waals surface area contributed by atoms with Crippen LogP contribution in [-0.4, -0.2) is 18.7 Å². The van der Waals surface area contributed by atoms with Gasteiger partial charge in [0.05, 0.1) is 6.26 Å². The van der Waals surface area contributed by atoms with Gasteiger partial charge in [0.1, 0.15) is 16.9 Å². The molecule has 2 aromatic rings. The summed E-state index contributed by atoms with van der Waals surface area (Å²) in [5.41, 5.74) is 0.871. The Kier molecular flexibility index (Phi) is 2.56. The fraction of sp³-hybridized carbons (Fsp3) is 0.429. The van der Waals surface area contributed by atoms with Crippen molar-refractivity contribution < 1.29 is 9.15 Å². The minimum atomic E-state index is -0.0390. The summed E-state index contributed by atoms with van der Waals surface area (Å²) in [6, 6.07) is 7.97. The van der Waals surface area contributed by atoms with Gasteiger partial charge in [-0.05, 0) is 57.1 Å². The second-order valence-electron chi connectivity index (χ2n) is 4.92. The second-order valence-corrected chi connectivity index (χ2v) is 4.92. The molecule has 1 aliphatic heterocycles. The summed E-state index contributed by atoms with van der Waals surface area (Å²) < 4.78 is 11.5. The molecule has 1 aliphatic rings. The Morgan fingerprint density at radius 3 is 2.88 bits per heavy atom. The molecule has 3 nitrogen and oxygen atoms in total. The largest absolute Gasteiger partial charge is 0.487 e. The highest BCUT2D eigenvalue weighted by atomic mass is 16.5. The van der Waals surface area contributed by atoms with Crippen LogP contribution in [0.3, 0.4) is 0 Å². The number of benzene rings is 1. The normalized spacial score (nSPS) is 19.4. The van der Waals surface area contributed by atoms with Crippen LogP contribution >= 0.6 is 0 Å². The number of piperidine rings is 1. The maximum Gasteiger partial charge on any atom is 0.134 e. The van der Waals surface area contributed by atoms with E-state index in [1.54, 1.807) is 6.26 Å². The topological polar surface area (TPSA) is 34.4 Å². The van der Waals surface area contributed by atoms with Crippen molar-refractivity contribution in [2.24, 2.45) is 0 Å². The van der Waals surface area contributed by atoms with Crippen LogP contribution in [0.5, 0.6) is 5.75 Å². The number of ether oxygens (including phenoxy) is 1. The summed E-state index contributed by atoms with van der Waals surface area (Å²) in [6.07, 6.45) is 3.81. The van der Waals surface area contributed by atoms with Gasteiger partial charge in [-0.15, -0.1) is 0 Å². The van der Waals surface area contributed by atoms with Crippen LogP contribution in [0.4, 0.5) is 0 Å². The van der Waals surface area contributed by atoms with Gasteiger partial charge >= 0.3 is 0 Å². The third kappa shape index (κ3) is 2.15. The van der Waals surface area contributed by atoms with E-state index in [2.05, 4.69) is 12.2 Å². The van der Waals surface area contributed by atoms with E-state index in [4.69, 9.17) is 9.15 Å². The molecule has 17 heavy (non-hydrogen) atoms. The van der Waals surface area contributed by atoms with Crippen molar-refractivity contribution in [2.45, 2.75) is 25.4 Å². The van der Waals surface area contributed by atoms with Crippen molar-refractivity contribution in [1.82, 2.24) is 5.32 Å². The first kappa shape index (κ1) is 10.7. The van der Waals surface area contributed by atoms with Gasteiger partial charge in [0, 0.05) is 5.39 Å². The minimum absolute atomic E-state index is 0.0390. The van der Waals surface area contributed by atoms with Crippen LogP contribution in [0.1, 0.15) is 19.8 Å². The lowest BCUT2D eigenvalue weighted by Gasteiger charge is -2.34. The zero-order valence-corrected chi connectivity index (χ0v) is 10.0. The molecule has 0 spiro atoms. The molecule has 0 amide bonds. The Hall–Kier alpha value is -1.48. The average molecular weight is 231 g/mol. The van der Waals surface area contributed by atoms with Gasteiger partial charge in [0.15, 0.2) is 0 Å². The van der Waals surface area contributed by atoms with E-state index >= 15 is 0 Å². The molecule has 1 aromatic heterocycles. The Morgan fingerprint density at radius 2 is 2.06 bits per heavy atom. The second kappa shape index (κ2) is 4.08. The molecule has 0 aliphatic carbocycles. The van der Waals surface area contributed by atoms with Gasteiger partial charge in [-0.3, -0.25) is 0 Å². The van der Waals surface area contributed by atoms with Crippen molar-refractivity contribution in [3.05, 3.63) is 30.5 Å². The Bertz CT molecular complexity index is 512. The van der Waals surface area contributed by atoms with E-state index in [0.717, 1.165) is 42.6 Å². The third-order valence-corrected chi connectivity index (χ3v) is 3.45. The van der Waals surface area contributed by atoms with Crippen molar-refractivity contribution in [1.29, 1.82) is 0 Å². The lowest BCUT2D eigenvalue weighted by atomic mass is 9.94. The molecular weight excluding hydrogens is 214 g/mol. The number of nitrogens with one attached hydrogen (secondary N) is 1. The summed E-state index contributed by atoms with van der Waals surface area (Å²) in [7, 11) is 0. The highest BCUT2D eigenvalue weighted by Crippen LogP contribution is 2.28. The van der Waals surface area contributed by atoms with E-state index in [-0.39, 0.29) is 5.60 Å². The smallest absolute Gasteiger partial charge is 0.134 e. The minimum Gasteiger partial charge on any atom is -0.487 e. The monoisotopic (exact) mass is 231 g/mol. The molecule has 90 valence electrons. The molecule has 1 fully saturated rings. The molecule has 3 heteroatoms. The van der Waals surface area contributed by atoms with E-state index in [9.17, 15) is 0 Å². The summed E-state index contributed by atoms with van der Waals surface area (Å²) in [5, 5.41) is 4.45. The Balaban J connectivity index is 1.83. The van der Waals surface area contributed by atoms with Crippen molar-refractivity contribution in [3.63, 3.8) is 0 Å². The zero-order chi connectivity index (χ0) is 11.7. The van der Waals surface area contributed by atoms with E-state index < -0.39 is 0 Å².